The molecule has 0 saturated heterocycles. The Bertz CT molecular complexity index is 180. The minimum atomic E-state index is -0.357. The minimum absolute atomic E-state index is 0.109. The zero-order chi connectivity index (χ0) is 10.3. The Hall–Kier alpha value is -1.03. The van der Waals surface area contributed by atoms with E-state index in [2.05, 4.69) is 0 Å². The molecular formula is C9H17NO3. The lowest BCUT2D eigenvalue weighted by Gasteiger charge is -2.17. The second kappa shape index (κ2) is 6.48. The van der Waals surface area contributed by atoms with Gasteiger partial charge >= 0.3 is 0 Å². The predicted molar refractivity (Wildman–Crippen MR) is 49.9 cm³/mol. The normalized spacial score (nSPS) is 15.6. The van der Waals surface area contributed by atoms with Crippen LogP contribution in [0, 0.1) is 5.92 Å². The number of amides is 1. The van der Waals surface area contributed by atoms with Gasteiger partial charge in [0.2, 0.25) is 5.91 Å². The summed E-state index contributed by atoms with van der Waals surface area (Å²) in [5.41, 5.74) is 5.06. The van der Waals surface area contributed by atoms with E-state index in [1.807, 2.05) is 13.0 Å². The molecule has 0 saturated carbocycles. The maximum Gasteiger partial charge on any atom is 0.220 e. The lowest BCUT2D eigenvalue weighted by molar-refractivity contribution is -0.120. The first-order valence-electron chi connectivity index (χ1n) is 4.12. The van der Waals surface area contributed by atoms with E-state index in [4.69, 9.17) is 15.2 Å². The lowest BCUT2D eigenvalue weighted by Crippen LogP contribution is -2.26. The molecule has 13 heavy (non-hydrogen) atoms. The van der Waals surface area contributed by atoms with Gasteiger partial charge in [0.05, 0.1) is 25.9 Å². The van der Waals surface area contributed by atoms with Crippen molar-refractivity contribution < 1.29 is 14.3 Å². The summed E-state index contributed by atoms with van der Waals surface area (Å²) in [6.07, 6.45) is 3.45. The zero-order valence-electron chi connectivity index (χ0n) is 8.32. The van der Waals surface area contributed by atoms with Crippen LogP contribution in [0.2, 0.25) is 0 Å². The summed E-state index contributed by atoms with van der Waals surface area (Å²) in [5.74, 6) is -0.248. The quantitative estimate of drug-likeness (QED) is 0.622. The number of carbonyl (C=O) groups is 1. The van der Waals surface area contributed by atoms with Gasteiger partial charge in [0, 0.05) is 13.0 Å². The molecule has 0 aromatic rings. The second-order valence-electron chi connectivity index (χ2n) is 2.87. The molecule has 0 rings (SSSR count). The Morgan fingerprint density at radius 3 is 2.54 bits per heavy atom. The molecule has 0 bridgehead atoms. The molecule has 1 amide bonds. The van der Waals surface area contributed by atoms with Gasteiger partial charge in [0.15, 0.2) is 0 Å². The number of hydrogen-bond donors (Lipinski definition) is 1. The van der Waals surface area contributed by atoms with Crippen LogP contribution in [0.3, 0.4) is 0 Å². The molecule has 0 fully saturated rings. The summed E-state index contributed by atoms with van der Waals surface area (Å²) in [6, 6.07) is 0. The van der Waals surface area contributed by atoms with Gasteiger partial charge in [-0.25, -0.2) is 0 Å². The molecule has 4 heteroatoms. The molecule has 0 aliphatic carbocycles. The highest BCUT2D eigenvalue weighted by atomic mass is 16.5. The smallest absolute Gasteiger partial charge is 0.220 e. The highest BCUT2D eigenvalue weighted by molar-refractivity contribution is 5.74. The number of primary amides is 1. The number of ether oxygens (including phenoxy) is 2. The fraction of sp³-hybridized carbons (Fsp3) is 0.667. The molecule has 0 spiro atoms. The van der Waals surface area contributed by atoms with E-state index in [9.17, 15) is 4.79 Å². The maximum absolute atomic E-state index is 10.6. The van der Waals surface area contributed by atoms with Crippen molar-refractivity contribution >= 4 is 5.91 Å². The lowest BCUT2D eigenvalue weighted by atomic mass is 10.0. The molecule has 0 aliphatic rings. The van der Waals surface area contributed by atoms with E-state index in [0.717, 1.165) is 0 Å². The van der Waals surface area contributed by atoms with Crippen LogP contribution >= 0.6 is 0 Å². The van der Waals surface area contributed by atoms with Crippen molar-refractivity contribution in [2.45, 2.75) is 19.4 Å². The fourth-order valence-electron chi connectivity index (χ4n) is 1.01. The highest BCUT2D eigenvalue weighted by Gasteiger charge is 2.16. The van der Waals surface area contributed by atoms with Gasteiger partial charge in [-0.15, -0.1) is 0 Å². The summed E-state index contributed by atoms with van der Waals surface area (Å²) in [7, 11) is 3.13. The summed E-state index contributed by atoms with van der Waals surface area (Å²) in [6.45, 7) is 1.94. The Kier molecular flexibility index (Phi) is 5.97. The van der Waals surface area contributed by atoms with Crippen LogP contribution in [-0.2, 0) is 14.3 Å². The molecule has 0 heterocycles. The maximum atomic E-state index is 10.6. The van der Waals surface area contributed by atoms with Crippen LogP contribution in [0.5, 0.6) is 0 Å². The molecule has 0 aliphatic heterocycles. The average molecular weight is 187 g/mol. The molecule has 76 valence electrons. The second-order valence-corrected chi connectivity index (χ2v) is 2.87. The van der Waals surface area contributed by atoms with E-state index in [-0.39, 0.29) is 24.3 Å². The molecular weight excluding hydrogens is 170 g/mol. The summed E-state index contributed by atoms with van der Waals surface area (Å²) in [5, 5.41) is 0. The zero-order valence-corrected chi connectivity index (χ0v) is 8.32. The van der Waals surface area contributed by atoms with Gasteiger partial charge < -0.3 is 15.2 Å². The van der Waals surface area contributed by atoms with Crippen molar-refractivity contribution in [1.29, 1.82) is 0 Å². The van der Waals surface area contributed by atoms with E-state index < -0.39 is 0 Å². The SMILES string of the molecule is COC=C[C@@H](C)[C@H](CC(N)=O)OC. The van der Waals surface area contributed by atoms with Gasteiger partial charge in [0.1, 0.15) is 0 Å². The van der Waals surface area contributed by atoms with Gasteiger partial charge in [-0.05, 0) is 6.08 Å². The van der Waals surface area contributed by atoms with E-state index in [1.54, 1.807) is 20.5 Å². The van der Waals surface area contributed by atoms with Crippen molar-refractivity contribution in [2.24, 2.45) is 11.7 Å². The third kappa shape index (κ3) is 5.25. The molecule has 0 radical (unpaired) electrons. The predicted octanol–water partition coefficient (Wildman–Crippen LogP) is 0.673. The van der Waals surface area contributed by atoms with Crippen molar-refractivity contribution in [3.8, 4) is 0 Å². The van der Waals surface area contributed by atoms with Crippen LogP contribution in [0.25, 0.3) is 0 Å². The Morgan fingerprint density at radius 2 is 2.15 bits per heavy atom. The molecule has 0 unspecified atom stereocenters. The van der Waals surface area contributed by atoms with Gasteiger partial charge in [-0.1, -0.05) is 6.92 Å². The van der Waals surface area contributed by atoms with Crippen LogP contribution < -0.4 is 5.73 Å². The van der Waals surface area contributed by atoms with Crippen LogP contribution in [-0.4, -0.2) is 26.2 Å². The van der Waals surface area contributed by atoms with Crippen molar-refractivity contribution in [2.75, 3.05) is 14.2 Å². The van der Waals surface area contributed by atoms with E-state index in [1.165, 1.54) is 0 Å². The van der Waals surface area contributed by atoms with Gasteiger partial charge in [-0.2, -0.15) is 0 Å². The molecule has 4 nitrogen and oxygen atoms in total. The molecule has 0 aromatic heterocycles. The van der Waals surface area contributed by atoms with Crippen molar-refractivity contribution in [3.05, 3.63) is 12.3 Å². The first-order valence-corrected chi connectivity index (χ1v) is 4.12. The van der Waals surface area contributed by atoms with Crippen molar-refractivity contribution in [1.82, 2.24) is 0 Å². The Morgan fingerprint density at radius 1 is 1.54 bits per heavy atom. The standard InChI is InChI=1S/C9H17NO3/c1-7(4-5-12-2)8(13-3)6-9(10)11/h4-5,7-8H,6H2,1-3H3,(H2,10,11)/t7-,8+/m1/s1. The van der Waals surface area contributed by atoms with E-state index >= 15 is 0 Å². The third-order valence-corrected chi connectivity index (χ3v) is 1.81. The first-order chi connectivity index (χ1) is 6.11. The van der Waals surface area contributed by atoms with Gasteiger partial charge in [-0.3, -0.25) is 4.79 Å². The first kappa shape index (κ1) is 12.0. The number of hydrogen-bond acceptors (Lipinski definition) is 3. The fourth-order valence-corrected chi connectivity index (χ4v) is 1.01. The summed E-state index contributed by atoms with van der Waals surface area (Å²) >= 11 is 0. The van der Waals surface area contributed by atoms with Crippen LogP contribution in [0.4, 0.5) is 0 Å². The van der Waals surface area contributed by atoms with Crippen LogP contribution in [0.1, 0.15) is 13.3 Å². The Labute approximate surface area is 78.7 Å². The Balaban J connectivity index is 4.06. The highest BCUT2D eigenvalue weighted by Crippen LogP contribution is 2.11. The molecule has 2 N–H and O–H groups in total. The topological polar surface area (TPSA) is 61.5 Å². The summed E-state index contributed by atoms with van der Waals surface area (Å²) in [4.78, 5) is 10.6. The largest absolute Gasteiger partial charge is 0.505 e. The van der Waals surface area contributed by atoms with Crippen molar-refractivity contribution in [3.63, 3.8) is 0 Å². The van der Waals surface area contributed by atoms with Crippen LogP contribution in [0.15, 0.2) is 12.3 Å². The number of methoxy groups -OCH3 is 2. The van der Waals surface area contributed by atoms with Gasteiger partial charge in [0.25, 0.3) is 0 Å². The minimum Gasteiger partial charge on any atom is -0.505 e. The number of nitrogens with two attached hydrogens (primary N) is 1. The third-order valence-electron chi connectivity index (χ3n) is 1.81. The van der Waals surface area contributed by atoms with E-state index in [0.29, 0.717) is 0 Å². The average Bonchev–Trinajstić information content (AvgIpc) is 2.09. The molecule has 2 atom stereocenters. The number of carbonyl (C=O) groups excluding carboxylic acids is 1. The monoisotopic (exact) mass is 187 g/mol. The molecule has 0 aromatic carbocycles. The number of rotatable bonds is 6. The summed E-state index contributed by atoms with van der Waals surface area (Å²) < 4.78 is 9.87.